The molecule has 1 aliphatic carbocycles. The number of hydrogen-bond donors (Lipinski definition) is 2. The van der Waals surface area contributed by atoms with Gasteiger partial charge in [-0.15, -0.1) is 0 Å². The van der Waals surface area contributed by atoms with E-state index in [1.54, 1.807) is 6.07 Å². The molecule has 1 fully saturated rings. The van der Waals surface area contributed by atoms with Crippen LogP contribution in [0.5, 0.6) is 0 Å². The highest BCUT2D eigenvalue weighted by Crippen LogP contribution is 2.21. The Labute approximate surface area is 112 Å². The molecule has 2 atom stereocenters. The van der Waals surface area contributed by atoms with Gasteiger partial charge in [0.15, 0.2) is 0 Å². The van der Waals surface area contributed by atoms with Crippen molar-refractivity contribution in [3.05, 3.63) is 29.8 Å². The van der Waals surface area contributed by atoms with Crippen LogP contribution in [-0.2, 0) is 10.0 Å². The Morgan fingerprint density at radius 3 is 2.74 bits per heavy atom. The van der Waals surface area contributed by atoms with E-state index >= 15 is 0 Å². The lowest BCUT2D eigenvalue weighted by molar-refractivity contribution is 0.101. The molecule has 1 aliphatic rings. The first-order valence-electron chi connectivity index (χ1n) is 6.23. The average Bonchev–Trinajstić information content (AvgIpc) is 2.41. The predicted molar refractivity (Wildman–Crippen MR) is 69.7 cm³/mol. The summed E-state index contributed by atoms with van der Waals surface area (Å²) in [5, 5.41) is 18.6. The van der Waals surface area contributed by atoms with Crippen LogP contribution in [0.2, 0.25) is 0 Å². The third-order valence-corrected chi connectivity index (χ3v) is 4.80. The second-order valence-electron chi connectivity index (χ2n) is 4.72. The van der Waals surface area contributed by atoms with Crippen LogP contribution in [0.25, 0.3) is 0 Å². The van der Waals surface area contributed by atoms with Crippen molar-refractivity contribution in [2.24, 2.45) is 0 Å². The highest BCUT2D eigenvalue weighted by molar-refractivity contribution is 7.89. The Kier molecular flexibility index (Phi) is 4.20. The summed E-state index contributed by atoms with van der Waals surface area (Å²) >= 11 is 0. The summed E-state index contributed by atoms with van der Waals surface area (Å²) in [6.45, 7) is 0. The van der Waals surface area contributed by atoms with E-state index in [1.807, 2.05) is 6.07 Å². The first-order valence-corrected chi connectivity index (χ1v) is 7.72. The fourth-order valence-corrected chi connectivity index (χ4v) is 3.60. The zero-order chi connectivity index (χ0) is 13.9. The van der Waals surface area contributed by atoms with Gasteiger partial charge in [-0.1, -0.05) is 18.9 Å². The monoisotopic (exact) mass is 280 g/mol. The Morgan fingerprint density at radius 2 is 2.05 bits per heavy atom. The van der Waals surface area contributed by atoms with Crippen molar-refractivity contribution < 1.29 is 13.5 Å². The molecule has 0 amide bonds. The molecule has 1 saturated carbocycles. The normalized spacial score (nSPS) is 23.8. The van der Waals surface area contributed by atoms with Crippen LogP contribution >= 0.6 is 0 Å². The maximum atomic E-state index is 12.2. The lowest BCUT2D eigenvalue weighted by Gasteiger charge is -2.28. The number of nitrogens with zero attached hydrogens (tertiary/aromatic N) is 1. The average molecular weight is 280 g/mol. The number of aliphatic hydroxyl groups is 1. The number of benzene rings is 1. The summed E-state index contributed by atoms with van der Waals surface area (Å²) in [6.07, 6.45) is 2.44. The zero-order valence-electron chi connectivity index (χ0n) is 10.4. The molecule has 19 heavy (non-hydrogen) atoms. The van der Waals surface area contributed by atoms with E-state index in [2.05, 4.69) is 4.72 Å². The van der Waals surface area contributed by atoms with Gasteiger partial charge in [0.05, 0.1) is 22.6 Å². The quantitative estimate of drug-likeness (QED) is 0.868. The zero-order valence-corrected chi connectivity index (χ0v) is 11.2. The molecule has 0 radical (unpaired) electrons. The number of aliphatic hydroxyl groups excluding tert-OH is 1. The van der Waals surface area contributed by atoms with Gasteiger partial charge in [-0.25, -0.2) is 13.1 Å². The molecule has 0 spiro atoms. The van der Waals surface area contributed by atoms with Gasteiger partial charge >= 0.3 is 0 Å². The molecule has 1 aromatic carbocycles. The molecule has 2 unspecified atom stereocenters. The second kappa shape index (κ2) is 5.70. The van der Waals surface area contributed by atoms with Crippen LogP contribution in [0.3, 0.4) is 0 Å². The maximum absolute atomic E-state index is 12.2. The lowest BCUT2D eigenvalue weighted by Crippen LogP contribution is -2.44. The van der Waals surface area contributed by atoms with E-state index in [0.29, 0.717) is 18.4 Å². The Balaban J connectivity index is 2.20. The number of hydrogen-bond acceptors (Lipinski definition) is 4. The molecule has 5 nitrogen and oxygen atoms in total. The van der Waals surface area contributed by atoms with E-state index in [9.17, 15) is 13.5 Å². The molecule has 0 heterocycles. The van der Waals surface area contributed by atoms with Crippen molar-refractivity contribution in [2.75, 3.05) is 0 Å². The maximum Gasteiger partial charge on any atom is 0.240 e. The van der Waals surface area contributed by atoms with E-state index < -0.39 is 22.2 Å². The van der Waals surface area contributed by atoms with Crippen LogP contribution in [0.15, 0.2) is 29.2 Å². The van der Waals surface area contributed by atoms with E-state index in [4.69, 9.17) is 5.26 Å². The van der Waals surface area contributed by atoms with Crippen LogP contribution in [0.1, 0.15) is 31.2 Å². The summed E-state index contributed by atoms with van der Waals surface area (Å²) in [6, 6.07) is 7.33. The Bertz CT molecular complexity index is 592. The van der Waals surface area contributed by atoms with Crippen molar-refractivity contribution >= 4 is 10.0 Å². The van der Waals surface area contributed by atoms with Crippen LogP contribution in [0, 0.1) is 11.3 Å². The molecule has 2 rings (SSSR count). The lowest BCUT2D eigenvalue weighted by atomic mass is 9.93. The van der Waals surface area contributed by atoms with Gasteiger partial charge in [0.2, 0.25) is 10.0 Å². The fourth-order valence-electron chi connectivity index (χ4n) is 2.25. The third-order valence-electron chi connectivity index (χ3n) is 3.31. The van der Waals surface area contributed by atoms with Gasteiger partial charge in [-0.05, 0) is 31.0 Å². The molecule has 102 valence electrons. The van der Waals surface area contributed by atoms with Gasteiger partial charge < -0.3 is 5.11 Å². The van der Waals surface area contributed by atoms with Crippen molar-refractivity contribution in [3.63, 3.8) is 0 Å². The molecule has 1 aromatic rings. The molecule has 0 aliphatic heterocycles. The van der Waals surface area contributed by atoms with Crippen LogP contribution in [0.4, 0.5) is 0 Å². The van der Waals surface area contributed by atoms with Crippen LogP contribution < -0.4 is 4.72 Å². The summed E-state index contributed by atoms with van der Waals surface area (Å²) < 4.78 is 26.9. The highest BCUT2D eigenvalue weighted by Gasteiger charge is 2.28. The first-order chi connectivity index (χ1) is 9.03. The van der Waals surface area contributed by atoms with E-state index in [1.165, 1.54) is 18.2 Å². The molecular formula is C13H16N2O3S. The predicted octanol–water partition coefficient (Wildman–Crippen LogP) is 1.14. The van der Waals surface area contributed by atoms with Gasteiger partial charge in [-0.2, -0.15) is 5.26 Å². The molecule has 0 saturated heterocycles. The Hall–Kier alpha value is -1.42. The second-order valence-corrected chi connectivity index (χ2v) is 6.43. The SMILES string of the molecule is N#Cc1cccc(S(=O)(=O)NC2CCCCC2O)c1. The minimum Gasteiger partial charge on any atom is -0.391 e. The first kappa shape index (κ1) is 14.0. The largest absolute Gasteiger partial charge is 0.391 e. The molecule has 0 bridgehead atoms. The van der Waals surface area contributed by atoms with Gasteiger partial charge in [0, 0.05) is 6.04 Å². The van der Waals surface area contributed by atoms with Crippen molar-refractivity contribution in [2.45, 2.75) is 42.7 Å². The van der Waals surface area contributed by atoms with Crippen molar-refractivity contribution in [3.8, 4) is 6.07 Å². The highest BCUT2D eigenvalue weighted by atomic mass is 32.2. The minimum atomic E-state index is -3.69. The van der Waals surface area contributed by atoms with Gasteiger partial charge in [0.25, 0.3) is 0 Å². The topological polar surface area (TPSA) is 90.2 Å². The summed E-state index contributed by atoms with van der Waals surface area (Å²) in [5.74, 6) is 0. The number of rotatable bonds is 3. The third kappa shape index (κ3) is 3.32. The van der Waals surface area contributed by atoms with Crippen LogP contribution in [-0.4, -0.2) is 25.7 Å². The van der Waals surface area contributed by atoms with Gasteiger partial charge in [0.1, 0.15) is 0 Å². The van der Waals surface area contributed by atoms with Crippen molar-refractivity contribution in [1.82, 2.24) is 4.72 Å². The summed E-state index contributed by atoms with van der Waals surface area (Å²) in [7, 11) is -3.69. The minimum absolute atomic E-state index is 0.0596. The smallest absolute Gasteiger partial charge is 0.240 e. The number of nitriles is 1. The van der Waals surface area contributed by atoms with E-state index in [0.717, 1.165) is 12.8 Å². The molecule has 2 N–H and O–H groups in total. The van der Waals surface area contributed by atoms with E-state index in [-0.39, 0.29) is 4.90 Å². The number of nitrogens with one attached hydrogen (secondary N) is 1. The summed E-state index contributed by atoms with van der Waals surface area (Å²) in [4.78, 5) is 0.0596. The van der Waals surface area contributed by atoms with Gasteiger partial charge in [-0.3, -0.25) is 0 Å². The van der Waals surface area contributed by atoms with Crippen molar-refractivity contribution in [1.29, 1.82) is 5.26 Å². The Morgan fingerprint density at radius 1 is 1.32 bits per heavy atom. The summed E-state index contributed by atoms with van der Waals surface area (Å²) in [5.41, 5.74) is 0.298. The number of sulfonamides is 1. The standard InChI is InChI=1S/C13H16N2O3S/c14-9-10-4-3-5-11(8-10)19(17,18)15-12-6-1-2-7-13(12)16/h3-5,8,12-13,15-16H,1-2,6-7H2. The fraction of sp³-hybridized carbons (Fsp3) is 0.462. The molecule has 0 aromatic heterocycles. The molecular weight excluding hydrogens is 264 g/mol. The molecule has 6 heteroatoms.